The molecule has 0 aliphatic carbocycles. The van der Waals surface area contributed by atoms with Crippen LogP contribution in [0.4, 0.5) is 0 Å². The molecule has 6 heteroatoms. The normalized spacial score (nSPS) is 13.3. The van der Waals surface area contributed by atoms with Gasteiger partial charge >= 0.3 is 0 Å². The highest BCUT2D eigenvalue weighted by Crippen LogP contribution is 2.21. The minimum absolute atomic E-state index is 0.242. The van der Waals surface area contributed by atoms with E-state index in [0.717, 1.165) is 11.1 Å². The molecule has 0 aliphatic rings. The molecule has 20 heavy (non-hydrogen) atoms. The molecule has 2 rings (SSSR count). The first-order chi connectivity index (χ1) is 9.54. The lowest BCUT2D eigenvalue weighted by Gasteiger charge is -2.15. The van der Waals surface area contributed by atoms with Crippen molar-refractivity contribution in [3.05, 3.63) is 52.2 Å². The van der Waals surface area contributed by atoms with Crippen molar-refractivity contribution in [2.75, 3.05) is 7.05 Å². The van der Waals surface area contributed by atoms with Crippen LogP contribution in [0.5, 0.6) is 0 Å². The first-order valence-corrected chi connectivity index (χ1v) is 8.74. The van der Waals surface area contributed by atoms with Crippen LogP contribution in [0.15, 0.2) is 46.0 Å². The van der Waals surface area contributed by atoms with Crippen molar-refractivity contribution >= 4 is 21.4 Å². The summed E-state index contributed by atoms with van der Waals surface area (Å²) in [7, 11) is -1.73. The fourth-order valence-electron chi connectivity index (χ4n) is 1.99. The molecule has 0 saturated carbocycles. The SMILES string of the molecule is CNCc1ccccc1S(=O)(=O)NC(C)c1ccsc1. The van der Waals surface area contributed by atoms with Gasteiger partial charge in [0.2, 0.25) is 10.0 Å². The molecule has 0 fully saturated rings. The van der Waals surface area contributed by atoms with Gasteiger partial charge in [0.15, 0.2) is 0 Å². The van der Waals surface area contributed by atoms with Crippen LogP contribution in [-0.4, -0.2) is 15.5 Å². The van der Waals surface area contributed by atoms with Crippen LogP contribution in [0.3, 0.4) is 0 Å². The van der Waals surface area contributed by atoms with Gasteiger partial charge in [-0.05, 0) is 48.0 Å². The molecule has 0 aliphatic heterocycles. The predicted octanol–water partition coefficient (Wildman–Crippen LogP) is 2.51. The van der Waals surface area contributed by atoms with Crippen molar-refractivity contribution in [3.8, 4) is 0 Å². The molecule has 0 spiro atoms. The summed E-state index contributed by atoms with van der Waals surface area (Å²) in [5.74, 6) is 0. The van der Waals surface area contributed by atoms with E-state index >= 15 is 0 Å². The highest BCUT2D eigenvalue weighted by Gasteiger charge is 2.21. The molecule has 1 atom stereocenters. The number of hydrogen-bond acceptors (Lipinski definition) is 4. The van der Waals surface area contributed by atoms with Gasteiger partial charge < -0.3 is 5.32 Å². The van der Waals surface area contributed by atoms with E-state index in [-0.39, 0.29) is 6.04 Å². The van der Waals surface area contributed by atoms with Crippen molar-refractivity contribution in [1.82, 2.24) is 10.0 Å². The van der Waals surface area contributed by atoms with E-state index in [1.54, 1.807) is 30.5 Å². The molecule has 1 aromatic heterocycles. The van der Waals surface area contributed by atoms with Crippen LogP contribution in [0, 0.1) is 0 Å². The van der Waals surface area contributed by atoms with Crippen molar-refractivity contribution in [3.63, 3.8) is 0 Å². The van der Waals surface area contributed by atoms with Gasteiger partial charge in [-0.3, -0.25) is 0 Å². The third kappa shape index (κ3) is 3.46. The zero-order valence-corrected chi connectivity index (χ0v) is 13.1. The molecule has 0 radical (unpaired) electrons. The lowest BCUT2D eigenvalue weighted by molar-refractivity contribution is 0.565. The van der Waals surface area contributed by atoms with Crippen LogP contribution in [0.25, 0.3) is 0 Å². The summed E-state index contributed by atoms with van der Waals surface area (Å²) in [6.07, 6.45) is 0. The lowest BCUT2D eigenvalue weighted by atomic mass is 10.2. The highest BCUT2D eigenvalue weighted by atomic mass is 32.2. The molecule has 2 N–H and O–H groups in total. The van der Waals surface area contributed by atoms with Crippen LogP contribution in [0.1, 0.15) is 24.1 Å². The van der Waals surface area contributed by atoms with Gasteiger partial charge in [0.1, 0.15) is 0 Å². The van der Waals surface area contributed by atoms with Crippen LogP contribution < -0.4 is 10.0 Å². The Morgan fingerprint density at radius 2 is 2.00 bits per heavy atom. The van der Waals surface area contributed by atoms with E-state index < -0.39 is 10.0 Å². The maximum absolute atomic E-state index is 12.5. The first kappa shape index (κ1) is 15.2. The summed E-state index contributed by atoms with van der Waals surface area (Å²) in [4.78, 5) is 0.330. The molecule has 108 valence electrons. The molecule has 1 unspecified atom stereocenters. The Labute approximate surface area is 123 Å². The number of thiophene rings is 1. The second-order valence-electron chi connectivity index (χ2n) is 4.54. The van der Waals surface area contributed by atoms with Gasteiger partial charge in [-0.25, -0.2) is 13.1 Å². The zero-order valence-electron chi connectivity index (χ0n) is 11.5. The second-order valence-corrected chi connectivity index (χ2v) is 7.00. The molecule has 0 bridgehead atoms. The molecule has 1 heterocycles. The average molecular weight is 310 g/mol. The van der Waals surface area contributed by atoms with Gasteiger partial charge in [-0.1, -0.05) is 18.2 Å². The van der Waals surface area contributed by atoms with Crippen molar-refractivity contribution in [2.24, 2.45) is 0 Å². The Kier molecular flexibility index (Phi) is 4.93. The number of benzene rings is 1. The summed E-state index contributed by atoms with van der Waals surface area (Å²) < 4.78 is 27.7. The van der Waals surface area contributed by atoms with Gasteiger partial charge in [0.25, 0.3) is 0 Å². The molecule has 4 nitrogen and oxygen atoms in total. The molecule has 1 aromatic carbocycles. The Balaban J connectivity index is 2.27. The third-order valence-electron chi connectivity index (χ3n) is 3.00. The Bertz CT molecular complexity index is 652. The molecular weight excluding hydrogens is 292 g/mol. The van der Waals surface area contributed by atoms with E-state index in [4.69, 9.17) is 0 Å². The monoisotopic (exact) mass is 310 g/mol. The molecular formula is C14H18N2O2S2. The largest absolute Gasteiger partial charge is 0.316 e. The van der Waals surface area contributed by atoms with Crippen molar-refractivity contribution in [2.45, 2.75) is 24.4 Å². The van der Waals surface area contributed by atoms with E-state index in [9.17, 15) is 8.42 Å². The van der Waals surface area contributed by atoms with Crippen LogP contribution in [0.2, 0.25) is 0 Å². The maximum Gasteiger partial charge on any atom is 0.241 e. The highest BCUT2D eigenvalue weighted by molar-refractivity contribution is 7.89. The van der Waals surface area contributed by atoms with Gasteiger partial charge in [0.05, 0.1) is 4.90 Å². The first-order valence-electron chi connectivity index (χ1n) is 6.31. The number of rotatable bonds is 6. The van der Waals surface area contributed by atoms with E-state index in [2.05, 4.69) is 10.0 Å². The molecule has 0 saturated heterocycles. The number of sulfonamides is 1. The molecule has 0 amide bonds. The maximum atomic E-state index is 12.5. The lowest BCUT2D eigenvalue weighted by Crippen LogP contribution is -2.28. The standard InChI is InChI=1S/C14H18N2O2S2/c1-11(13-7-8-19-10-13)16-20(17,18)14-6-4-3-5-12(14)9-15-2/h3-8,10-11,15-16H,9H2,1-2H3. The fourth-order valence-corrected chi connectivity index (χ4v) is 4.21. The zero-order chi connectivity index (χ0) is 14.6. The summed E-state index contributed by atoms with van der Waals surface area (Å²) in [5.41, 5.74) is 1.74. The summed E-state index contributed by atoms with van der Waals surface area (Å²) >= 11 is 1.56. The van der Waals surface area contributed by atoms with Crippen LogP contribution in [-0.2, 0) is 16.6 Å². The minimum atomic E-state index is -3.52. The van der Waals surface area contributed by atoms with Gasteiger partial charge in [-0.2, -0.15) is 11.3 Å². The Hall–Kier alpha value is -1.21. The summed E-state index contributed by atoms with van der Waals surface area (Å²) in [5, 5.41) is 6.88. The van der Waals surface area contributed by atoms with E-state index in [0.29, 0.717) is 11.4 Å². The average Bonchev–Trinajstić information content (AvgIpc) is 2.93. The van der Waals surface area contributed by atoms with Gasteiger partial charge in [-0.15, -0.1) is 0 Å². The summed E-state index contributed by atoms with van der Waals surface area (Å²) in [6.45, 7) is 2.37. The van der Waals surface area contributed by atoms with E-state index in [1.165, 1.54) is 0 Å². The van der Waals surface area contributed by atoms with Gasteiger partial charge in [0, 0.05) is 12.6 Å². The quantitative estimate of drug-likeness (QED) is 0.862. The topological polar surface area (TPSA) is 58.2 Å². The fraction of sp³-hybridized carbons (Fsp3) is 0.286. The number of nitrogens with one attached hydrogen (secondary N) is 2. The predicted molar refractivity (Wildman–Crippen MR) is 82.3 cm³/mol. The Morgan fingerprint density at radius 3 is 2.65 bits per heavy atom. The van der Waals surface area contributed by atoms with Crippen LogP contribution >= 0.6 is 11.3 Å². The molecule has 2 aromatic rings. The third-order valence-corrected chi connectivity index (χ3v) is 5.35. The van der Waals surface area contributed by atoms with E-state index in [1.807, 2.05) is 35.9 Å². The smallest absolute Gasteiger partial charge is 0.241 e. The van der Waals surface area contributed by atoms with Crippen molar-refractivity contribution < 1.29 is 8.42 Å². The number of hydrogen-bond donors (Lipinski definition) is 2. The second kappa shape index (κ2) is 6.49. The van der Waals surface area contributed by atoms with Crippen molar-refractivity contribution in [1.29, 1.82) is 0 Å². The Morgan fingerprint density at radius 1 is 1.25 bits per heavy atom. The summed E-state index contributed by atoms with van der Waals surface area (Å²) in [6, 6.07) is 8.72. The minimum Gasteiger partial charge on any atom is -0.316 e.